The summed E-state index contributed by atoms with van der Waals surface area (Å²) in [6, 6.07) is 8.24. The highest BCUT2D eigenvalue weighted by Crippen LogP contribution is 2.27. The van der Waals surface area contributed by atoms with Gasteiger partial charge in [-0.15, -0.1) is 11.3 Å². The monoisotopic (exact) mass is 275 g/mol. The molecule has 0 aliphatic carbocycles. The highest BCUT2D eigenvalue weighted by atomic mass is 32.1. The van der Waals surface area contributed by atoms with Crippen LogP contribution < -0.4 is 0 Å². The summed E-state index contributed by atoms with van der Waals surface area (Å²) in [5, 5.41) is 10.7. The number of hydrogen-bond acceptors (Lipinski definition) is 2. The van der Waals surface area contributed by atoms with Crippen LogP contribution in [0.2, 0.25) is 0 Å². The van der Waals surface area contributed by atoms with Crippen LogP contribution in [0.5, 0.6) is 0 Å². The Morgan fingerprint density at radius 3 is 2.68 bits per heavy atom. The molecule has 0 spiro atoms. The number of rotatable bonds is 3. The first-order valence-corrected chi connectivity index (χ1v) is 6.57. The second-order valence-electron chi connectivity index (χ2n) is 4.24. The topological polar surface area (TPSA) is 41.7 Å². The number of thiazole rings is 1. The van der Waals surface area contributed by atoms with Gasteiger partial charge in [0.05, 0.1) is 11.3 Å². The first-order valence-electron chi connectivity index (χ1n) is 5.70. The van der Waals surface area contributed by atoms with Crippen molar-refractivity contribution < 1.29 is 14.3 Å². The first kappa shape index (κ1) is 11.9. The molecule has 96 valence electrons. The number of carbonyl (C=O) groups is 1. The summed E-state index contributed by atoms with van der Waals surface area (Å²) in [5.41, 5.74) is 2.62. The third kappa shape index (κ3) is 2.24. The van der Waals surface area contributed by atoms with E-state index < -0.39 is 5.97 Å². The molecule has 1 N–H and O–H groups in total. The van der Waals surface area contributed by atoms with E-state index in [-0.39, 0.29) is 12.2 Å². The summed E-state index contributed by atoms with van der Waals surface area (Å²) < 4.78 is 14.8. The second-order valence-corrected chi connectivity index (χ2v) is 5.13. The van der Waals surface area contributed by atoms with Gasteiger partial charge in [0.25, 0.3) is 0 Å². The van der Waals surface area contributed by atoms with E-state index in [0.717, 1.165) is 21.7 Å². The molecule has 1 aromatic carbocycles. The number of aromatic nitrogens is 1. The zero-order chi connectivity index (χ0) is 13.4. The maximum atomic E-state index is 12.9. The highest BCUT2D eigenvalue weighted by molar-refractivity contribution is 7.15. The fraction of sp³-hybridized carbons (Fsp3) is 0.0714. The third-order valence-electron chi connectivity index (χ3n) is 2.92. The lowest BCUT2D eigenvalue weighted by Crippen LogP contribution is -2.01. The van der Waals surface area contributed by atoms with Crippen LogP contribution in [0.4, 0.5) is 4.39 Å². The van der Waals surface area contributed by atoms with Crippen LogP contribution in [-0.2, 0) is 11.2 Å². The Hall–Kier alpha value is -2.14. The number of nitrogens with zero attached hydrogens (tertiary/aromatic N) is 1. The molecule has 0 fully saturated rings. The van der Waals surface area contributed by atoms with Crippen LogP contribution in [0.3, 0.4) is 0 Å². The van der Waals surface area contributed by atoms with Crippen molar-refractivity contribution in [3.8, 4) is 11.1 Å². The number of hydrogen-bond donors (Lipinski definition) is 1. The summed E-state index contributed by atoms with van der Waals surface area (Å²) in [6.07, 6.45) is 1.88. The SMILES string of the molecule is O=C(O)Cc1csc2cc(-c3ccc(F)cc3)cn12. The van der Waals surface area contributed by atoms with Crippen molar-refractivity contribution in [3.63, 3.8) is 0 Å². The van der Waals surface area contributed by atoms with Gasteiger partial charge in [0.2, 0.25) is 0 Å². The minimum atomic E-state index is -0.850. The maximum absolute atomic E-state index is 12.9. The summed E-state index contributed by atoms with van der Waals surface area (Å²) >= 11 is 1.50. The Kier molecular flexibility index (Phi) is 2.83. The number of aliphatic carboxylic acids is 1. The molecular formula is C14H10FNO2S. The van der Waals surface area contributed by atoms with Gasteiger partial charge < -0.3 is 9.51 Å². The summed E-state index contributed by atoms with van der Waals surface area (Å²) in [6.45, 7) is 0. The van der Waals surface area contributed by atoms with Gasteiger partial charge in [-0.1, -0.05) is 12.1 Å². The zero-order valence-electron chi connectivity index (χ0n) is 9.84. The molecule has 2 aromatic heterocycles. The Labute approximate surface area is 112 Å². The molecule has 0 aliphatic heterocycles. The van der Waals surface area contributed by atoms with Crippen LogP contribution in [-0.4, -0.2) is 15.5 Å². The van der Waals surface area contributed by atoms with Crippen molar-refractivity contribution in [3.05, 3.63) is 53.4 Å². The first-order chi connectivity index (χ1) is 9.13. The molecular weight excluding hydrogens is 265 g/mol. The molecule has 0 unspecified atom stereocenters. The average molecular weight is 275 g/mol. The van der Waals surface area contributed by atoms with Gasteiger partial charge in [-0.3, -0.25) is 4.79 Å². The van der Waals surface area contributed by atoms with Crippen molar-refractivity contribution in [1.82, 2.24) is 4.40 Å². The van der Waals surface area contributed by atoms with Gasteiger partial charge >= 0.3 is 5.97 Å². The lowest BCUT2D eigenvalue weighted by Gasteiger charge is -1.97. The average Bonchev–Trinajstić information content (AvgIpc) is 2.92. The normalized spacial score (nSPS) is 11.0. The van der Waals surface area contributed by atoms with Gasteiger partial charge in [-0.2, -0.15) is 0 Å². The standard InChI is InChI=1S/C14H10FNO2S/c15-11-3-1-9(2-4-11)10-5-13-16(7-10)12(8-19-13)6-14(17)18/h1-5,7-8H,6H2,(H,17,18). The van der Waals surface area contributed by atoms with Crippen molar-refractivity contribution in [2.45, 2.75) is 6.42 Å². The van der Waals surface area contributed by atoms with Crippen LogP contribution in [0.1, 0.15) is 5.69 Å². The maximum Gasteiger partial charge on any atom is 0.309 e. The van der Waals surface area contributed by atoms with Crippen LogP contribution >= 0.6 is 11.3 Å². The number of carboxylic acids is 1. The van der Waals surface area contributed by atoms with E-state index in [1.54, 1.807) is 12.1 Å². The Morgan fingerprint density at radius 2 is 2.00 bits per heavy atom. The largest absolute Gasteiger partial charge is 0.481 e. The van der Waals surface area contributed by atoms with Gasteiger partial charge in [-0.25, -0.2) is 4.39 Å². The van der Waals surface area contributed by atoms with E-state index >= 15 is 0 Å². The summed E-state index contributed by atoms with van der Waals surface area (Å²) in [4.78, 5) is 11.8. The van der Waals surface area contributed by atoms with Crippen molar-refractivity contribution in [1.29, 1.82) is 0 Å². The van der Waals surface area contributed by atoms with E-state index in [1.807, 2.05) is 22.0 Å². The smallest absolute Gasteiger partial charge is 0.309 e. The number of fused-ring (bicyclic) bond motifs is 1. The highest BCUT2D eigenvalue weighted by Gasteiger charge is 2.10. The predicted molar refractivity (Wildman–Crippen MR) is 72.0 cm³/mol. The molecule has 3 nitrogen and oxygen atoms in total. The van der Waals surface area contributed by atoms with E-state index in [1.165, 1.54) is 23.5 Å². The fourth-order valence-corrected chi connectivity index (χ4v) is 2.96. The minimum Gasteiger partial charge on any atom is -0.481 e. The minimum absolute atomic E-state index is 0.00244. The Bertz CT molecular complexity index is 742. The molecule has 5 heteroatoms. The molecule has 0 saturated carbocycles. The molecule has 0 bridgehead atoms. The molecule has 0 aliphatic rings. The van der Waals surface area contributed by atoms with Gasteiger partial charge in [0.15, 0.2) is 0 Å². The second kappa shape index (κ2) is 4.51. The van der Waals surface area contributed by atoms with E-state index in [4.69, 9.17) is 5.11 Å². The van der Waals surface area contributed by atoms with Crippen molar-refractivity contribution in [2.75, 3.05) is 0 Å². The molecule has 19 heavy (non-hydrogen) atoms. The molecule has 3 rings (SSSR count). The molecule has 0 radical (unpaired) electrons. The van der Waals surface area contributed by atoms with Crippen molar-refractivity contribution in [2.24, 2.45) is 0 Å². The number of benzene rings is 1. The lowest BCUT2D eigenvalue weighted by atomic mass is 10.1. The van der Waals surface area contributed by atoms with E-state index in [9.17, 15) is 9.18 Å². The lowest BCUT2D eigenvalue weighted by molar-refractivity contribution is -0.136. The fourth-order valence-electron chi connectivity index (χ4n) is 2.02. The molecule has 0 amide bonds. The molecule has 3 aromatic rings. The molecule has 0 atom stereocenters. The van der Waals surface area contributed by atoms with Gasteiger partial charge in [-0.05, 0) is 23.8 Å². The Balaban J connectivity index is 2.04. The van der Waals surface area contributed by atoms with E-state index in [2.05, 4.69) is 0 Å². The zero-order valence-corrected chi connectivity index (χ0v) is 10.7. The number of halogens is 1. The van der Waals surface area contributed by atoms with Crippen LogP contribution in [0.15, 0.2) is 41.9 Å². The van der Waals surface area contributed by atoms with Crippen molar-refractivity contribution >= 4 is 22.1 Å². The van der Waals surface area contributed by atoms with Crippen LogP contribution in [0, 0.1) is 5.82 Å². The summed E-state index contributed by atoms with van der Waals surface area (Å²) in [7, 11) is 0. The number of carboxylic acid groups (broad SMARTS) is 1. The predicted octanol–water partition coefficient (Wildman–Crippen LogP) is 3.43. The summed E-state index contributed by atoms with van der Waals surface area (Å²) in [5.74, 6) is -1.12. The molecule has 2 heterocycles. The molecule has 0 saturated heterocycles. The Morgan fingerprint density at radius 1 is 1.26 bits per heavy atom. The van der Waals surface area contributed by atoms with E-state index in [0.29, 0.717) is 0 Å². The quantitative estimate of drug-likeness (QED) is 0.795. The third-order valence-corrected chi connectivity index (χ3v) is 3.87. The van der Waals surface area contributed by atoms with Gasteiger partial charge in [0.1, 0.15) is 5.82 Å². The van der Waals surface area contributed by atoms with Crippen LogP contribution in [0.25, 0.3) is 16.0 Å². The van der Waals surface area contributed by atoms with Gasteiger partial charge in [0, 0.05) is 22.8 Å².